The lowest BCUT2D eigenvalue weighted by Gasteiger charge is -2.38. The summed E-state index contributed by atoms with van der Waals surface area (Å²) in [6, 6.07) is 0. The van der Waals surface area contributed by atoms with Crippen LogP contribution in [0.4, 0.5) is 5.82 Å². The number of carboxylic acid groups (broad SMARTS) is 1. The van der Waals surface area contributed by atoms with Crippen LogP contribution in [-0.4, -0.2) is 52.6 Å². The van der Waals surface area contributed by atoms with Gasteiger partial charge < -0.3 is 15.3 Å². The SMILES string of the molecule is CN1CCC(C)(CNc2cncc(C(=O)O)n2)CC1. The maximum Gasteiger partial charge on any atom is 0.356 e. The standard InChI is InChI=1S/C13H20N4O2/c1-13(3-5-17(2)6-4-13)9-15-11-8-14-7-10(16-11)12(18)19/h7-8H,3-6,9H2,1-2H3,(H,15,16)(H,18,19). The van der Waals surface area contributed by atoms with Crippen molar-refractivity contribution in [3.63, 3.8) is 0 Å². The Morgan fingerprint density at radius 1 is 1.47 bits per heavy atom. The normalized spacial score (nSPS) is 19.1. The summed E-state index contributed by atoms with van der Waals surface area (Å²) in [5.74, 6) is -0.526. The van der Waals surface area contributed by atoms with E-state index in [1.807, 2.05) is 0 Å². The Kier molecular flexibility index (Phi) is 3.99. The van der Waals surface area contributed by atoms with Crippen LogP contribution >= 0.6 is 0 Å². The van der Waals surface area contributed by atoms with Gasteiger partial charge in [0.05, 0.1) is 12.4 Å². The lowest BCUT2D eigenvalue weighted by molar-refractivity contribution is 0.0690. The first-order valence-electron chi connectivity index (χ1n) is 6.46. The molecule has 0 saturated carbocycles. The molecule has 1 fully saturated rings. The second-order valence-electron chi connectivity index (χ2n) is 5.56. The summed E-state index contributed by atoms with van der Waals surface area (Å²) in [6.45, 7) is 5.23. The van der Waals surface area contributed by atoms with Crippen molar-refractivity contribution in [1.82, 2.24) is 14.9 Å². The number of nitrogens with one attached hydrogen (secondary N) is 1. The summed E-state index contributed by atoms with van der Waals surface area (Å²) < 4.78 is 0. The van der Waals surface area contributed by atoms with Crippen molar-refractivity contribution in [2.24, 2.45) is 5.41 Å². The van der Waals surface area contributed by atoms with E-state index in [1.54, 1.807) is 6.20 Å². The van der Waals surface area contributed by atoms with Gasteiger partial charge in [-0.15, -0.1) is 0 Å². The van der Waals surface area contributed by atoms with E-state index in [1.165, 1.54) is 6.20 Å². The van der Waals surface area contributed by atoms with Gasteiger partial charge in [-0.2, -0.15) is 0 Å². The molecule has 0 atom stereocenters. The zero-order chi connectivity index (χ0) is 13.9. The van der Waals surface area contributed by atoms with E-state index in [9.17, 15) is 4.79 Å². The Morgan fingerprint density at radius 2 is 2.16 bits per heavy atom. The molecule has 104 valence electrons. The highest BCUT2D eigenvalue weighted by Crippen LogP contribution is 2.30. The largest absolute Gasteiger partial charge is 0.476 e. The van der Waals surface area contributed by atoms with E-state index in [0.717, 1.165) is 32.5 Å². The number of anilines is 1. The summed E-state index contributed by atoms with van der Waals surface area (Å²) in [7, 11) is 2.13. The molecule has 0 amide bonds. The molecule has 19 heavy (non-hydrogen) atoms. The third kappa shape index (κ3) is 3.64. The zero-order valence-electron chi connectivity index (χ0n) is 11.4. The summed E-state index contributed by atoms with van der Waals surface area (Å²) in [4.78, 5) is 21.1. The van der Waals surface area contributed by atoms with Gasteiger partial charge in [0.2, 0.25) is 0 Å². The molecule has 1 aliphatic heterocycles. The zero-order valence-corrected chi connectivity index (χ0v) is 11.4. The molecule has 0 spiro atoms. The van der Waals surface area contributed by atoms with Crippen LogP contribution in [0.2, 0.25) is 0 Å². The maximum atomic E-state index is 10.8. The van der Waals surface area contributed by atoms with E-state index >= 15 is 0 Å². The van der Waals surface area contributed by atoms with Crippen molar-refractivity contribution in [3.05, 3.63) is 18.1 Å². The fraction of sp³-hybridized carbons (Fsp3) is 0.615. The second kappa shape index (κ2) is 5.52. The topological polar surface area (TPSA) is 78.4 Å². The highest BCUT2D eigenvalue weighted by Gasteiger charge is 2.28. The molecule has 1 aromatic heterocycles. The molecule has 0 aliphatic carbocycles. The van der Waals surface area contributed by atoms with Crippen LogP contribution in [-0.2, 0) is 0 Å². The van der Waals surface area contributed by atoms with Crippen LogP contribution in [0.15, 0.2) is 12.4 Å². The molecule has 6 nitrogen and oxygen atoms in total. The van der Waals surface area contributed by atoms with Gasteiger partial charge >= 0.3 is 5.97 Å². The van der Waals surface area contributed by atoms with E-state index in [2.05, 4.69) is 34.2 Å². The van der Waals surface area contributed by atoms with E-state index in [4.69, 9.17) is 5.11 Å². The maximum absolute atomic E-state index is 10.8. The summed E-state index contributed by atoms with van der Waals surface area (Å²) >= 11 is 0. The van der Waals surface area contributed by atoms with Crippen molar-refractivity contribution in [2.45, 2.75) is 19.8 Å². The molecule has 0 unspecified atom stereocenters. The third-order valence-corrected chi connectivity index (χ3v) is 3.74. The number of carbonyl (C=O) groups is 1. The molecule has 2 N–H and O–H groups in total. The number of nitrogens with zero attached hydrogens (tertiary/aromatic N) is 3. The van der Waals surface area contributed by atoms with Gasteiger partial charge in [-0.25, -0.2) is 9.78 Å². The average Bonchev–Trinajstić information content (AvgIpc) is 2.41. The van der Waals surface area contributed by atoms with E-state index in [-0.39, 0.29) is 11.1 Å². The number of piperidine rings is 1. The molecule has 1 saturated heterocycles. The molecule has 6 heteroatoms. The smallest absolute Gasteiger partial charge is 0.356 e. The Morgan fingerprint density at radius 3 is 2.79 bits per heavy atom. The number of hydrogen-bond donors (Lipinski definition) is 2. The highest BCUT2D eigenvalue weighted by atomic mass is 16.4. The number of rotatable bonds is 4. The molecular formula is C13H20N4O2. The quantitative estimate of drug-likeness (QED) is 0.854. The van der Waals surface area contributed by atoms with Crippen LogP contribution in [0.1, 0.15) is 30.3 Å². The third-order valence-electron chi connectivity index (χ3n) is 3.74. The average molecular weight is 264 g/mol. The fourth-order valence-corrected chi connectivity index (χ4v) is 2.19. The predicted molar refractivity (Wildman–Crippen MR) is 72.3 cm³/mol. The molecule has 0 radical (unpaired) electrons. The van der Waals surface area contributed by atoms with Crippen molar-refractivity contribution in [1.29, 1.82) is 0 Å². The molecule has 2 rings (SSSR count). The number of aromatic nitrogens is 2. The Bertz CT molecular complexity index is 456. The fourth-order valence-electron chi connectivity index (χ4n) is 2.19. The van der Waals surface area contributed by atoms with Crippen LogP contribution in [0, 0.1) is 5.41 Å². The van der Waals surface area contributed by atoms with E-state index < -0.39 is 5.97 Å². The number of carboxylic acids is 1. The molecular weight excluding hydrogens is 244 g/mol. The van der Waals surface area contributed by atoms with Gasteiger partial charge in [-0.1, -0.05) is 6.92 Å². The van der Waals surface area contributed by atoms with Gasteiger partial charge in [0.25, 0.3) is 0 Å². The Labute approximate surface area is 112 Å². The van der Waals surface area contributed by atoms with Crippen molar-refractivity contribution in [2.75, 3.05) is 32.0 Å². The number of likely N-dealkylation sites (tertiary alicyclic amines) is 1. The molecule has 2 heterocycles. The molecule has 1 aliphatic rings. The highest BCUT2D eigenvalue weighted by molar-refractivity contribution is 5.85. The monoisotopic (exact) mass is 264 g/mol. The Hall–Kier alpha value is -1.69. The molecule has 1 aromatic rings. The minimum absolute atomic E-state index is 0.0291. The summed E-state index contributed by atoms with van der Waals surface area (Å²) in [5, 5.41) is 12.1. The van der Waals surface area contributed by atoms with Gasteiger partial charge in [0, 0.05) is 6.54 Å². The lowest BCUT2D eigenvalue weighted by atomic mass is 9.80. The minimum atomic E-state index is -1.05. The van der Waals surface area contributed by atoms with Crippen molar-refractivity contribution < 1.29 is 9.90 Å². The minimum Gasteiger partial charge on any atom is -0.476 e. The number of aromatic carboxylic acids is 1. The van der Waals surface area contributed by atoms with Gasteiger partial charge in [0.15, 0.2) is 5.69 Å². The van der Waals surface area contributed by atoms with Gasteiger partial charge in [-0.3, -0.25) is 4.98 Å². The van der Waals surface area contributed by atoms with Gasteiger partial charge in [0.1, 0.15) is 5.82 Å². The van der Waals surface area contributed by atoms with Crippen LogP contribution < -0.4 is 5.32 Å². The van der Waals surface area contributed by atoms with Crippen LogP contribution in [0.25, 0.3) is 0 Å². The predicted octanol–water partition coefficient (Wildman–Crippen LogP) is 1.32. The first-order valence-corrected chi connectivity index (χ1v) is 6.46. The first-order chi connectivity index (χ1) is 8.98. The molecule has 0 aromatic carbocycles. The van der Waals surface area contributed by atoms with Crippen molar-refractivity contribution in [3.8, 4) is 0 Å². The van der Waals surface area contributed by atoms with Crippen LogP contribution in [0.3, 0.4) is 0 Å². The summed E-state index contributed by atoms with van der Waals surface area (Å²) in [5.41, 5.74) is 0.200. The van der Waals surface area contributed by atoms with E-state index in [0.29, 0.717) is 5.82 Å². The summed E-state index contributed by atoms with van der Waals surface area (Å²) in [6.07, 6.45) is 5.07. The lowest BCUT2D eigenvalue weighted by Crippen LogP contribution is -2.40. The molecule has 0 bridgehead atoms. The van der Waals surface area contributed by atoms with Crippen molar-refractivity contribution >= 4 is 11.8 Å². The van der Waals surface area contributed by atoms with Crippen LogP contribution in [0.5, 0.6) is 0 Å². The number of hydrogen-bond acceptors (Lipinski definition) is 5. The first kappa shape index (κ1) is 13.7. The second-order valence-corrected chi connectivity index (χ2v) is 5.56. The van der Waals surface area contributed by atoms with Gasteiger partial charge in [-0.05, 0) is 38.4 Å². The Balaban J connectivity index is 1.95.